The molecule has 42 heavy (non-hydrogen) atoms. The van der Waals surface area contributed by atoms with Gasteiger partial charge in [0.2, 0.25) is 11.9 Å². The summed E-state index contributed by atoms with van der Waals surface area (Å²) in [5.74, 6) is 3.52. The smallest absolute Gasteiger partial charge is 0.273 e. The van der Waals surface area contributed by atoms with Crippen LogP contribution in [0.2, 0.25) is 15.2 Å². The average Bonchev–Trinajstić information content (AvgIpc) is 3.60. The van der Waals surface area contributed by atoms with Crippen molar-refractivity contribution in [3.8, 4) is 11.9 Å². The molecule has 0 saturated carbocycles. The fourth-order valence-corrected chi connectivity index (χ4v) is 5.26. The number of nitrogens with zero attached hydrogens (tertiary/aromatic N) is 9. The van der Waals surface area contributed by atoms with E-state index in [2.05, 4.69) is 41.7 Å². The monoisotopic (exact) mass is 636 g/mol. The molecule has 0 amide bonds. The molecule has 0 bridgehead atoms. The van der Waals surface area contributed by atoms with E-state index >= 15 is 0 Å². The number of ether oxygens (including phenoxy) is 2. The summed E-state index contributed by atoms with van der Waals surface area (Å²) in [6.07, 6.45) is 6.88. The van der Waals surface area contributed by atoms with Gasteiger partial charge in [-0.05, 0) is 27.7 Å². The van der Waals surface area contributed by atoms with E-state index in [0.717, 1.165) is 18.2 Å². The van der Waals surface area contributed by atoms with Crippen molar-refractivity contribution in [2.75, 3.05) is 49.3 Å². The van der Waals surface area contributed by atoms with Crippen LogP contribution in [0, 0.1) is 13.8 Å². The van der Waals surface area contributed by atoms with Gasteiger partial charge < -0.3 is 19.3 Å². The molecule has 224 valence electrons. The molecule has 4 aromatic rings. The number of aromatic amines is 1. The fourth-order valence-electron chi connectivity index (χ4n) is 4.71. The summed E-state index contributed by atoms with van der Waals surface area (Å²) in [4.78, 5) is 40.5. The van der Waals surface area contributed by atoms with Crippen molar-refractivity contribution in [2.45, 2.75) is 39.8 Å². The molecule has 2 saturated heterocycles. The molecule has 0 unspecified atom stereocenters. The number of imidazole rings is 2. The number of aromatic nitrogens is 8. The number of H-pyrrole nitrogens is 1. The van der Waals surface area contributed by atoms with Crippen molar-refractivity contribution in [3.63, 3.8) is 0 Å². The first-order chi connectivity index (χ1) is 20.2. The highest BCUT2D eigenvalue weighted by Crippen LogP contribution is 2.32. The Morgan fingerprint density at radius 2 is 1.36 bits per heavy atom. The molecule has 2 fully saturated rings. The van der Waals surface area contributed by atoms with Crippen molar-refractivity contribution in [3.05, 3.63) is 62.0 Å². The second-order valence-electron chi connectivity index (χ2n) is 9.90. The minimum atomic E-state index is -0.358. The highest BCUT2D eigenvalue weighted by Gasteiger charge is 2.26. The van der Waals surface area contributed by atoms with Gasteiger partial charge in [0.15, 0.2) is 16.8 Å². The van der Waals surface area contributed by atoms with E-state index < -0.39 is 0 Å². The topological polar surface area (TPSA) is 132 Å². The van der Waals surface area contributed by atoms with E-state index in [4.69, 9.17) is 44.3 Å². The first-order valence-electron chi connectivity index (χ1n) is 13.4. The lowest BCUT2D eigenvalue weighted by atomic mass is 10.2. The van der Waals surface area contributed by atoms with Crippen LogP contribution in [0.3, 0.4) is 0 Å². The molecule has 16 heteroatoms. The minimum Gasteiger partial charge on any atom is -0.377 e. The molecule has 2 atom stereocenters. The molecular formula is C26H31Cl3N10O3. The normalized spacial score (nSPS) is 19.0. The molecule has 0 radical (unpaired) electrons. The second kappa shape index (κ2) is 13.0. The lowest BCUT2D eigenvalue weighted by Gasteiger charge is -2.34. The molecule has 0 aromatic carbocycles. The van der Waals surface area contributed by atoms with Gasteiger partial charge in [0.25, 0.3) is 5.56 Å². The summed E-state index contributed by atoms with van der Waals surface area (Å²) in [7, 11) is 0. The van der Waals surface area contributed by atoms with Crippen LogP contribution in [0.15, 0.2) is 29.6 Å². The number of rotatable bonds is 4. The lowest BCUT2D eigenvalue weighted by molar-refractivity contribution is 0.0985. The Kier molecular flexibility index (Phi) is 9.33. The Morgan fingerprint density at radius 3 is 1.88 bits per heavy atom. The third kappa shape index (κ3) is 6.25. The third-order valence-electron chi connectivity index (χ3n) is 6.99. The molecule has 4 aromatic heterocycles. The maximum absolute atomic E-state index is 12.1. The van der Waals surface area contributed by atoms with E-state index in [9.17, 15) is 4.79 Å². The van der Waals surface area contributed by atoms with Crippen molar-refractivity contribution in [1.82, 2.24) is 39.0 Å². The zero-order valence-corrected chi connectivity index (χ0v) is 25.9. The van der Waals surface area contributed by atoms with Gasteiger partial charge in [-0.15, -0.1) is 0 Å². The molecular weight excluding hydrogens is 607 g/mol. The van der Waals surface area contributed by atoms with E-state index in [1.807, 2.05) is 25.7 Å². The summed E-state index contributed by atoms with van der Waals surface area (Å²) in [5.41, 5.74) is -0.358. The molecule has 2 aliphatic rings. The molecule has 0 spiro atoms. The molecule has 0 aliphatic carbocycles. The summed E-state index contributed by atoms with van der Waals surface area (Å²) < 4.78 is 14.3. The van der Waals surface area contributed by atoms with Crippen LogP contribution in [0.25, 0.3) is 11.9 Å². The summed E-state index contributed by atoms with van der Waals surface area (Å²) in [6.45, 7) is 11.6. The van der Waals surface area contributed by atoms with Crippen LogP contribution in [0.1, 0.15) is 25.5 Å². The summed E-state index contributed by atoms with van der Waals surface area (Å²) in [5, 5.41) is 0.709. The molecule has 6 heterocycles. The van der Waals surface area contributed by atoms with Crippen molar-refractivity contribution < 1.29 is 9.47 Å². The predicted molar refractivity (Wildman–Crippen MR) is 161 cm³/mol. The van der Waals surface area contributed by atoms with Crippen LogP contribution < -0.4 is 15.4 Å². The Hall–Kier alpha value is -3.23. The Morgan fingerprint density at radius 1 is 0.810 bits per heavy atom. The second-order valence-corrected chi connectivity index (χ2v) is 11.0. The maximum Gasteiger partial charge on any atom is 0.273 e. The predicted octanol–water partition coefficient (Wildman–Crippen LogP) is 3.65. The highest BCUT2D eigenvalue weighted by molar-refractivity contribution is 6.42. The van der Waals surface area contributed by atoms with Crippen molar-refractivity contribution >= 4 is 46.4 Å². The number of anilines is 2. The third-order valence-corrected chi connectivity index (χ3v) is 8.05. The van der Waals surface area contributed by atoms with Gasteiger partial charge in [0.05, 0.1) is 38.5 Å². The lowest BCUT2D eigenvalue weighted by Crippen LogP contribution is -2.45. The standard InChI is InChI=1S/C13H15Cl2N5O.C13H16ClN5O2/c1-8-7-21-6-5-19(8)12-10(14)11(15)17-13(18-12)20-4-3-16-9(20)2;1-8-7-21-6-5-18(8)11-10(14)12(20)17-13(16-11)19-4-3-15-9(19)2/h3-4,8H,5-7H2,1-2H3;3-4,8H,5-7H2,1-2H3,(H,16,17,20)/t2*8-/m11/s1. The van der Waals surface area contributed by atoms with Crippen LogP contribution in [0.5, 0.6) is 0 Å². The van der Waals surface area contributed by atoms with Crippen molar-refractivity contribution in [2.24, 2.45) is 0 Å². The number of halogens is 3. The van der Waals surface area contributed by atoms with Gasteiger partial charge >= 0.3 is 0 Å². The molecule has 13 nitrogen and oxygen atoms in total. The Bertz CT molecular complexity index is 1610. The highest BCUT2D eigenvalue weighted by atomic mass is 35.5. The zero-order chi connectivity index (χ0) is 30.0. The largest absolute Gasteiger partial charge is 0.377 e. The summed E-state index contributed by atoms with van der Waals surface area (Å²) in [6, 6.07) is 0.293. The zero-order valence-electron chi connectivity index (χ0n) is 23.6. The quantitative estimate of drug-likeness (QED) is 0.331. The van der Waals surface area contributed by atoms with Gasteiger partial charge in [-0.2, -0.15) is 15.0 Å². The SMILES string of the molecule is Cc1nccn1-c1nc(Cl)c(Cl)c(N2CCOC[C@H]2C)n1.Cc1nccn1-c1nc(N2CCOC[C@H]2C)c(Cl)c(=O)[nH]1. The number of morpholine rings is 2. The minimum absolute atomic E-state index is 0.102. The van der Waals surface area contributed by atoms with Gasteiger partial charge in [0, 0.05) is 37.9 Å². The van der Waals surface area contributed by atoms with E-state index in [1.165, 1.54) is 0 Å². The van der Waals surface area contributed by atoms with Gasteiger partial charge in [-0.25, -0.2) is 9.97 Å². The maximum atomic E-state index is 12.1. The first kappa shape index (κ1) is 30.2. The van der Waals surface area contributed by atoms with Crippen LogP contribution in [-0.4, -0.2) is 90.6 Å². The average molecular weight is 638 g/mol. The Balaban J connectivity index is 0.000000168. The number of aryl methyl sites for hydroxylation is 2. The van der Waals surface area contributed by atoms with Crippen LogP contribution >= 0.6 is 34.8 Å². The van der Waals surface area contributed by atoms with Crippen LogP contribution in [-0.2, 0) is 9.47 Å². The molecule has 6 rings (SSSR count). The van der Waals surface area contributed by atoms with Gasteiger partial charge in [-0.1, -0.05) is 34.8 Å². The molecule has 1 N–H and O–H groups in total. The van der Waals surface area contributed by atoms with Crippen LogP contribution in [0.4, 0.5) is 11.6 Å². The van der Waals surface area contributed by atoms with E-state index in [-0.39, 0.29) is 27.8 Å². The Labute approximate surface area is 257 Å². The number of hydrogen-bond acceptors (Lipinski definition) is 10. The van der Waals surface area contributed by atoms with Gasteiger partial charge in [0.1, 0.15) is 21.7 Å². The fraction of sp³-hybridized carbons (Fsp3) is 0.462. The number of nitrogens with one attached hydrogen (secondary N) is 1. The molecule has 2 aliphatic heterocycles. The summed E-state index contributed by atoms with van der Waals surface area (Å²) >= 11 is 18.6. The number of hydrogen-bond donors (Lipinski definition) is 1. The van der Waals surface area contributed by atoms with Gasteiger partial charge in [-0.3, -0.25) is 18.9 Å². The van der Waals surface area contributed by atoms with Crippen molar-refractivity contribution in [1.29, 1.82) is 0 Å². The van der Waals surface area contributed by atoms with E-state index in [1.54, 1.807) is 33.9 Å². The first-order valence-corrected chi connectivity index (χ1v) is 14.5. The van der Waals surface area contributed by atoms with E-state index in [0.29, 0.717) is 61.5 Å².